The number of thiocarbonyl (C=S) groups is 1. The number of nitrogens with zero attached hydrogens (tertiary/aromatic N) is 2. The van der Waals surface area contributed by atoms with Gasteiger partial charge in [-0.2, -0.15) is 5.26 Å². The van der Waals surface area contributed by atoms with Crippen LogP contribution in [0.25, 0.3) is 0 Å². The molecule has 1 aromatic carbocycles. The van der Waals surface area contributed by atoms with Crippen LogP contribution in [-0.2, 0) is 0 Å². The molecule has 0 aliphatic heterocycles. The van der Waals surface area contributed by atoms with Crippen molar-refractivity contribution in [2.24, 2.45) is 10.9 Å². The molecule has 0 amide bonds. The summed E-state index contributed by atoms with van der Waals surface area (Å²) in [5.41, 5.74) is 1.85. The maximum Gasteiger partial charge on any atom is 0.171 e. The van der Waals surface area contributed by atoms with Crippen LogP contribution < -0.4 is 10.6 Å². The van der Waals surface area contributed by atoms with E-state index < -0.39 is 0 Å². The fourth-order valence-electron chi connectivity index (χ4n) is 1.92. The number of rotatable bonds is 6. The Labute approximate surface area is 132 Å². The molecule has 112 valence electrons. The maximum atomic E-state index is 8.64. The summed E-state index contributed by atoms with van der Waals surface area (Å²) in [6.45, 7) is 6.42. The zero-order chi connectivity index (χ0) is 15.7. The third-order valence-electron chi connectivity index (χ3n) is 2.95. The van der Waals surface area contributed by atoms with Crippen molar-refractivity contribution in [1.29, 1.82) is 5.26 Å². The highest BCUT2D eigenvalue weighted by atomic mass is 32.1. The molecule has 5 heteroatoms. The normalized spacial score (nSPS) is 12.6. The fraction of sp³-hybridized carbons (Fsp3) is 0.438. The second kappa shape index (κ2) is 9.09. The number of aliphatic imine (C=N–C) groups is 1. The standard InChI is InChI=1S/C16H22N4S/c1-12(2)11-15(13(3)18-10-9-17)20-16(21)19-14-7-5-4-6-8-14/h4-8,12,15H,10-11H2,1-3H3,(H2,19,20,21). The SMILES string of the molecule is CC(=NCC#N)C(CC(C)C)NC(=S)Nc1ccccc1. The van der Waals surface area contributed by atoms with Gasteiger partial charge in [0, 0.05) is 11.4 Å². The molecule has 21 heavy (non-hydrogen) atoms. The van der Waals surface area contributed by atoms with E-state index in [1.807, 2.05) is 43.3 Å². The second-order valence-corrected chi connectivity index (χ2v) is 5.67. The summed E-state index contributed by atoms with van der Waals surface area (Å²) in [7, 11) is 0. The molecule has 0 radical (unpaired) electrons. The smallest absolute Gasteiger partial charge is 0.171 e. The van der Waals surface area contributed by atoms with E-state index in [0.29, 0.717) is 11.0 Å². The Bertz CT molecular complexity index is 517. The molecule has 1 aromatic rings. The molecule has 0 saturated heterocycles. The van der Waals surface area contributed by atoms with Crippen LogP contribution in [-0.4, -0.2) is 23.4 Å². The van der Waals surface area contributed by atoms with Crippen molar-refractivity contribution in [3.8, 4) is 6.07 Å². The van der Waals surface area contributed by atoms with Crippen molar-refractivity contribution in [2.45, 2.75) is 33.2 Å². The molecule has 0 aliphatic rings. The number of hydrogen-bond donors (Lipinski definition) is 2. The predicted molar refractivity (Wildman–Crippen MR) is 92.6 cm³/mol. The van der Waals surface area contributed by atoms with Crippen LogP contribution in [0.4, 0.5) is 5.69 Å². The first kappa shape index (κ1) is 17.1. The van der Waals surface area contributed by atoms with Crippen molar-refractivity contribution in [3.63, 3.8) is 0 Å². The van der Waals surface area contributed by atoms with Gasteiger partial charge in [-0.1, -0.05) is 32.0 Å². The van der Waals surface area contributed by atoms with E-state index in [-0.39, 0.29) is 12.6 Å². The zero-order valence-corrected chi connectivity index (χ0v) is 13.6. The first-order chi connectivity index (χ1) is 10.0. The van der Waals surface area contributed by atoms with Gasteiger partial charge in [-0.25, -0.2) is 0 Å². The Morgan fingerprint density at radius 2 is 2.00 bits per heavy atom. The van der Waals surface area contributed by atoms with E-state index in [1.54, 1.807) is 0 Å². The Morgan fingerprint density at radius 1 is 1.33 bits per heavy atom. The largest absolute Gasteiger partial charge is 0.354 e. The Morgan fingerprint density at radius 3 is 2.57 bits per heavy atom. The van der Waals surface area contributed by atoms with Crippen molar-refractivity contribution in [1.82, 2.24) is 5.32 Å². The van der Waals surface area contributed by atoms with E-state index >= 15 is 0 Å². The molecule has 0 saturated carbocycles. The van der Waals surface area contributed by atoms with Crippen LogP contribution in [0.1, 0.15) is 27.2 Å². The highest BCUT2D eigenvalue weighted by molar-refractivity contribution is 7.80. The van der Waals surface area contributed by atoms with Crippen LogP contribution >= 0.6 is 12.2 Å². The number of benzene rings is 1. The summed E-state index contributed by atoms with van der Waals surface area (Å²) in [6, 6.07) is 11.9. The Hall–Kier alpha value is -1.93. The van der Waals surface area contributed by atoms with Crippen molar-refractivity contribution in [3.05, 3.63) is 30.3 Å². The molecular weight excluding hydrogens is 280 g/mol. The summed E-state index contributed by atoms with van der Waals surface area (Å²) in [6.07, 6.45) is 0.914. The Kier molecular flexibility index (Phi) is 7.41. The summed E-state index contributed by atoms with van der Waals surface area (Å²) in [4.78, 5) is 4.26. The molecule has 1 unspecified atom stereocenters. The molecule has 0 spiro atoms. The summed E-state index contributed by atoms with van der Waals surface area (Å²) < 4.78 is 0. The van der Waals surface area contributed by atoms with Gasteiger partial charge in [0.1, 0.15) is 6.54 Å². The number of para-hydroxylation sites is 1. The molecule has 0 heterocycles. The van der Waals surface area contributed by atoms with Crippen LogP contribution in [0.2, 0.25) is 0 Å². The van der Waals surface area contributed by atoms with Gasteiger partial charge in [0.15, 0.2) is 5.11 Å². The highest BCUT2D eigenvalue weighted by Gasteiger charge is 2.15. The minimum Gasteiger partial charge on any atom is -0.354 e. The van der Waals surface area contributed by atoms with Gasteiger partial charge in [-0.15, -0.1) is 0 Å². The fourth-order valence-corrected chi connectivity index (χ4v) is 2.18. The van der Waals surface area contributed by atoms with Crippen molar-refractivity contribution >= 4 is 28.7 Å². The molecule has 1 atom stereocenters. The molecule has 2 N–H and O–H groups in total. The summed E-state index contributed by atoms with van der Waals surface area (Å²) in [5.74, 6) is 0.509. The monoisotopic (exact) mass is 302 g/mol. The molecule has 0 fully saturated rings. The Balaban J connectivity index is 2.67. The minimum atomic E-state index is 0.0436. The van der Waals surface area contributed by atoms with E-state index in [2.05, 4.69) is 29.5 Å². The molecule has 4 nitrogen and oxygen atoms in total. The average Bonchev–Trinajstić information content (AvgIpc) is 2.44. The van der Waals surface area contributed by atoms with Gasteiger partial charge in [-0.05, 0) is 43.6 Å². The third kappa shape index (κ3) is 6.87. The first-order valence-corrected chi connectivity index (χ1v) is 7.44. The van der Waals surface area contributed by atoms with Crippen molar-refractivity contribution in [2.75, 3.05) is 11.9 Å². The first-order valence-electron chi connectivity index (χ1n) is 7.03. The van der Waals surface area contributed by atoms with Gasteiger partial charge >= 0.3 is 0 Å². The lowest BCUT2D eigenvalue weighted by Gasteiger charge is -2.22. The van der Waals surface area contributed by atoms with E-state index in [1.165, 1.54) is 0 Å². The molecular formula is C16H22N4S. The number of hydrogen-bond acceptors (Lipinski definition) is 3. The van der Waals surface area contributed by atoms with Crippen LogP contribution in [0.3, 0.4) is 0 Å². The lowest BCUT2D eigenvalue weighted by Crippen LogP contribution is -2.42. The summed E-state index contributed by atoms with van der Waals surface area (Å²) >= 11 is 5.35. The van der Waals surface area contributed by atoms with Gasteiger partial charge in [0.05, 0.1) is 12.1 Å². The minimum absolute atomic E-state index is 0.0436. The van der Waals surface area contributed by atoms with E-state index in [4.69, 9.17) is 17.5 Å². The van der Waals surface area contributed by atoms with Gasteiger partial charge in [0.25, 0.3) is 0 Å². The number of anilines is 1. The summed E-state index contributed by atoms with van der Waals surface area (Å²) in [5, 5.41) is 15.7. The zero-order valence-electron chi connectivity index (χ0n) is 12.8. The maximum absolute atomic E-state index is 8.64. The van der Waals surface area contributed by atoms with Crippen LogP contribution in [0.5, 0.6) is 0 Å². The van der Waals surface area contributed by atoms with Crippen molar-refractivity contribution < 1.29 is 0 Å². The average molecular weight is 302 g/mol. The predicted octanol–water partition coefficient (Wildman–Crippen LogP) is 3.37. The molecule has 0 bridgehead atoms. The second-order valence-electron chi connectivity index (χ2n) is 5.26. The molecule has 0 aromatic heterocycles. The lowest BCUT2D eigenvalue weighted by atomic mass is 10.0. The topological polar surface area (TPSA) is 60.2 Å². The number of nitrogens with one attached hydrogen (secondary N) is 2. The van der Waals surface area contributed by atoms with E-state index in [9.17, 15) is 0 Å². The van der Waals surface area contributed by atoms with E-state index in [0.717, 1.165) is 17.8 Å². The van der Waals surface area contributed by atoms with Gasteiger partial charge < -0.3 is 10.6 Å². The van der Waals surface area contributed by atoms with Gasteiger partial charge in [0.2, 0.25) is 0 Å². The quantitative estimate of drug-likeness (QED) is 0.480. The highest BCUT2D eigenvalue weighted by Crippen LogP contribution is 2.09. The number of nitriles is 1. The molecule has 0 aliphatic carbocycles. The lowest BCUT2D eigenvalue weighted by molar-refractivity contribution is 0.535. The van der Waals surface area contributed by atoms with Crippen LogP contribution in [0.15, 0.2) is 35.3 Å². The van der Waals surface area contributed by atoms with Crippen LogP contribution in [0, 0.1) is 17.2 Å². The van der Waals surface area contributed by atoms with Gasteiger partial charge in [-0.3, -0.25) is 4.99 Å². The third-order valence-corrected chi connectivity index (χ3v) is 3.17. The molecule has 1 rings (SSSR count).